The smallest absolute Gasteiger partial charge is 0.264 e. The Morgan fingerprint density at radius 2 is 1.66 bits per heavy atom. The second-order valence-corrected chi connectivity index (χ2v) is 11.9. The number of halogens is 2. The first kappa shape index (κ1) is 30.1. The van der Waals surface area contributed by atoms with Gasteiger partial charge in [0.2, 0.25) is 0 Å². The van der Waals surface area contributed by atoms with Gasteiger partial charge in [0.15, 0.2) is 11.5 Å². The van der Waals surface area contributed by atoms with Gasteiger partial charge in [0.1, 0.15) is 13.2 Å². The second-order valence-electron chi connectivity index (χ2n) is 8.65. The molecular weight excluding hydrogens is 630 g/mol. The summed E-state index contributed by atoms with van der Waals surface area (Å²) in [4.78, 5) is 12.9. The number of nitrogens with zero attached hydrogens (tertiary/aromatic N) is 2. The van der Waals surface area contributed by atoms with Gasteiger partial charge in [-0.1, -0.05) is 57.9 Å². The normalized spacial score (nSPS) is 11.3. The molecule has 0 aliphatic rings. The highest BCUT2D eigenvalue weighted by Crippen LogP contribution is 2.29. The Balaban J connectivity index is 1.45. The summed E-state index contributed by atoms with van der Waals surface area (Å²) in [6.45, 7) is 2.15. The topological polar surface area (TPSA) is 97.3 Å². The van der Waals surface area contributed by atoms with Crippen LogP contribution in [0.2, 0.25) is 5.02 Å². The maximum absolute atomic E-state index is 13.4. The number of hydrogen-bond donors (Lipinski definition) is 1. The fourth-order valence-corrected chi connectivity index (χ4v) is 5.55. The van der Waals surface area contributed by atoms with E-state index in [0.29, 0.717) is 41.0 Å². The number of carbonyl (C=O) groups is 1. The van der Waals surface area contributed by atoms with Crippen molar-refractivity contribution in [2.45, 2.75) is 18.4 Å². The summed E-state index contributed by atoms with van der Waals surface area (Å²) >= 11 is 9.30. The van der Waals surface area contributed by atoms with E-state index >= 15 is 0 Å². The Hall–Kier alpha value is -3.86. The van der Waals surface area contributed by atoms with Crippen molar-refractivity contribution in [3.8, 4) is 11.5 Å². The molecule has 0 saturated carbocycles. The van der Waals surface area contributed by atoms with Gasteiger partial charge >= 0.3 is 0 Å². The summed E-state index contributed by atoms with van der Waals surface area (Å²) in [6.07, 6.45) is 1.44. The molecule has 0 aliphatic carbocycles. The molecule has 1 N–H and O–H groups in total. The standard InChI is InChI=1S/C30H27BrClN3O5S/c1-2-39-29-18-23(10-17-28(29)40-21-22-8-13-25(32)14-9-22)19-33-34-30(36)20-35(26-15-11-24(31)12-16-26)41(37,38)27-6-4-3-5-7-27/h3-19H,2,20-21H2,1H3,(H,34,36)/b33-19-. The molecule has 0 heterocycles. The maximum atomic E-state index is 13.4. The lowest BCUT2D eigenvalue weighted by atomic mass is 10.2. The first-order valence-electron chi connectivity index (χ1n) is 12.6. The van der Waals surface area contributed by atoms with E-state index in [2.05, 4.69) is 26.5 Å². The van der Waals surface area contributed by atoms with Crippen LogP contribution in [0.1, 0.15) is 18.1 Å². The molecule has 0 saturated heterocycles. The molecule has 0 aromatic heterocycles. The van der Waals surface area contributed by atoms with E-state index in [1.165, 1.54) is 18.3 Å². The molecule has 0 bridgehead atoms. The molecule has 41 heavy (non-hydrogen) atoms. The molecule has 4 aromatic rings. The van der Waals surface area contributed by atoms with Crippen LogP contribution in [0.4, 0.5) is 5.69 Å². The minimum atomic E-state index is -4.02. The third kappa shape index (κ3) is 8.32. The molecule has 1 amide bonds. The molecule has 4 aromatic carbocycles. The van der Waals surface area contributed by atoms with Gasteiger partial charge in [-0.05, 0) is 84.8 Å². The molecule has 0 spiro atoms. The molecule has 8 nitrogen and oxygen atoms in total. The van der Waals surface area contributed by atoms with Gasteiger partial charge in [-0.2, -0.15) is 5.10 Å². The quantitative estimate of drug-likeness (QED) is 0.140. The van der Waals surface area contributed by atoms with E-state index in [1.54, 1.807) is 72.8 Å². The fourth-order valence-electron chi connectivity index (χ4n) is 3.72. The lowest BCUT2D eigenvalue weighted by Gasteiger charge is -2.23. The fraction of sp³-hybridized carbons (Fsp3) is 0.133. The Morgan fingerprint density at radius 3 is 2.34 bits per heavy atom. The number of nitrogens with one attached hydrogen (secondary N) is 1. The van der Waals surface area contributed by atoms with Crippen molar-refractivity contribution in [2.24, 2.45) is 5.10 Å². The number of anilines is 1. The van der Waals surface area contributed by atoms with Crippen LogP contribution in [0.3, 0.4) is 0 Å². The van der Waals surface area contributed by atoms with Gasteiger partial charge in [-0.15, -0.1) is 0 Å². The SMILES string of the molecule is CCOc1cc(/C=N\NC(=O)CN(c2ccc(Br)cc2)S(=O)(=O)c2ccccc2)ccc1OCc1ccc(Cl)cc1. The monoisotopic (exact) mass is 655 g/mol. The Labute approximate surface area is 252 Å². The second kappa shape index (κ2) is 14.2. The van der Waals surface area contributed by atoms with Crippen LogP contribution in [-0.2, 0) is 21.4 Å². The summed E-state index contributed by atoms with van der Waals surface area (Å²) in [5.74, 6) is 0.461. The first-order chi connectivity index (χ1) is 19.8. The third-order valence-electron chi connectivity index (χ3n) is 5.71. The predicted octanol–water partition coefficient (Wildman–Crippen LogP) is 6.43. The minimum absolute atomic E-state index is 0.0704. The number of carbonyl (C=O) groups excluding carboxylic acids is 1. The van der Waals surface area contributed by atoms with E-state index < -0.39 is 22.5 Å². The van der Waals surface area contributed by atoms with Crippen molar-refractivity contribution in [2.75, 3.05) is 17.5 Å². The van der Waals surface area contributed by atoms with Gasteiger partial charge in [0, 0.05) is 9.50 Å². The van der Waals surface area contributed by atoms with Crippen molar-refractivity contribution in [3.05, 3.63) is 118 Å². The van der Waals surface area contributed by atoms with Crippen LogP contribution in [0.15, 0.2) is 112 Å². The highest BCUT2D eigenvalue weighted by atomic mass is 79.9. The predicted molar refractivity (Wildman–Crippen MR) is 164 cm³/mol. The van der Waals surface area contributed by atoms with Crippen LogP contribution in [0.5, 0.6) is 11.5 Å². The van der Waals surface area contributed by atoms with E-state index in [1.807, 2.05) is 19.1 Å². The van der Waals surface area contributed by atoms with Crippen molar-refractivity contribution in [1.29, 1.82) is 0 Å². The maximum Gasteiger partial charge on any atom is 0.264 e. The average molecular weight is 657 g/mol. The molecular formula is C30H27BrClN3O5S. The molecule has 0 aliphatic heterocycles. The van der Waals surface area contributed by atoms with Crippen LogP contribution in [0.25, 0.3) is 0 Å². The summed E-state index contributed by atoms with van der Waals surface area (Å²) < 4.78 is 40.3. The Morgan fingerprint density at radius 1 is 0.951 bits per heavy atom. The van der Waals surface area contributed by atoms with Gasteiger partial charge < -0.3 is 9.47 Å². The molecule has 0 radical (unpaired) electrons. The van der Waals surface area contributed by atoms with Gasteiger partial charge in [0.05, 0.1) is 23.4 Å². The van der Waals surface area contributed by atoms with E-state index in [4.69, 9.17) is 21.1 Å². The van der Waals surface area contributed by atoms with Crippen molar-refractivity contribution < 1.29 is 22.7 Å². The number of ether oxygens (including phenoxy) is 2. The lowest BCUT2D eigenvalue weighted by Crippen LogP contribution is -2.39. The largest absolute Gasteiger partial charge is 0.490 e. The first-order valence-corrected chi connectivity index (χ1v) is 15.2. The molecule has 212 valence electrons. The molecule has 0 unspecified atom stereocenters. The van der Waals surface area contributed by atoms with E-state index in [-0.39, 0.29) is 4.90 Å². The summed E-state index contributed by atoms with van der Waals surface area (Å²) in [5.41, 5.74) is 4.36. The van der Waals surface area contributed by atoms with E-state index in [9.17, 15) is 13.2 Å². The van der Waals surface area contributed by atoms with Crippen LogP contribution < -0.4 is 19.2 Å². The molecule has 0 fully saturated rings. The minimum Gasteiger partial charge on any atom is -0.490 e. The zero-order valence-corrected chi connectivity index (χ0v) is 25.2. The van der Waals surface area contributed by atoms with Crippen molar-refractivity contribution >= 4 is 55.4 Å². The third-order valence-corrected chi connectivity index (χ3v) is 8.28. The van der Waals surface area contributed by atoms with Gasteiger partial charge in [-0.3, -0.25) is 9.10 Å². The number of hydrogen-bond acceptors (Lipinski definition) is 6. The van der Waals surface area contributed by atoms with Gasteiger partial charge in [0.25, 0.3) is 15.9 Å². The molecule has 4 rings (SSSR count). The highest BCUT2D eigenvalue weighted by Gasteiger charge is 2.27. The Kier molecular flexibility index (Phi) is 10.4. The van der Waals surface area contributed by atoms with Crippen molar-refractivity contribution in [3.63, 3.8) is 0 Å². The zero-order chi connectivity index (χ0) is 29.2. The van der Waals surface area contributed by atoms with Crippen LogP contribution >= 0.6 is 27.5 Å². The zero-order valence-electron chi connectivity index (χ0n) is 22.0. The molecule has 11 heteroatoms. The number of hydrazone groups is 1. The van der Waals surface area contributed by atoms with Crippen LogP contribution in [0, 0.1) is 0 Å². The average Bonchev–Trinajstić information content (AvgIpc) is 2.97. The number of sulfonamides is 1. The molecule has 0 atom stereocenters. The summed E-state index contributed by atoms with van der Waals surface area (Å²) in [6, 6.07) is 27.2. The highest BCUT2D eigenvalue weighted by molar-refractivity contribution is 9.10. The van der Waals surface area contributed by atoms with Crippen LogP contribution in [-0.4, -0.2) is 33.7 Å². The number of amides is 1. The van der Waals surface area contributed by atoms with Crippen molar-refractivity contribution in [1.82, 2.24) is 5.43 Å². The summed E-state index contributed by atoms with van der Waals surface area (Å²) in [5, 5.41) is 4.68. The number of benzene rings is 4. The number of rotatable bonds is 12. The summed E-state index contributed by atoms with van der Waals surface area (Å²) in [7, 11) is -4.02. The van der Waals surface area contributed by atoms with E-state index in [0.717, 1.165) is 14.3 Å². The van der Waals surface area contributed by atoms with Gasteiger partial charge in [-0.25, -0.2) is 13.8 Å². The Bertz CT molecular complexity index is 1600. The lowest BCUT2D eigenvalue weighted by molar-refractivity contribution is -0.119.